The molecule has 1 N–H and O–H groups in total. The largest absolute Gasteiger partial charge is 0.493 e. The van der Waals surface area contributed by atoms with E-state index in [0.717, 1.165) is 22.4 Å². The number of benzene rings is 1. The number of hydrogen-bond donors (Lipinski definition) is 1. The number of rotatable bonds is 7. The molecule has 0 radical (unpaired) electrons. The van der Waals surface area contributed by atoms with Gasteiger partial charge >= 0.3 is 0 Å². The summed E-state index contributed by atoms with van der Waals surface area (Å²) in [5.74, 6) is 0.663. The SMILES string of the molecule is COC(C)(C)CCOc1ccc2nc(NC(=O)C(C)(C)Br)sc2c1. The minimum absolute atomic E-state index is 0.125. The Bertz CT molecular complexity index is 722. The Hall–Kier alpha value is -1.18. The van der Waals surface area contributed by atoms with Gasteiger partial charge in [-0.1, -0.05) is 27.3 Å². The molecule has 132 valence electrons. The summed E-state index contributed by atoms with van der Waals surface area (Å²) >= 11 is 4.77. The van der Waals surface area contributed by atoms with Crippen molar-refractivity contribution in [2.75, 3.05) is 19.0 Å². The van der Waals surface area contributed by atoms with E-state index < -0.39 is 4.32 Å². The number of nitrogens with one attached hydrogen (secondary N) is 1. The second kappa shape index (κ2) is 7.37. The summed E-state index contributed by atoms with van der Waals surface area (Å²) in [5.41, 5.74) is 0.640. The lowest BCUT2D eigenvalue weighted by Gasteiger charge is -2.22. The molecule has 0 fully saturated rings. The van der Waals surface area contributed by atoms with Crippen LogP contribution in [0.2, 0.25) is 0 Å². The van der Waals surface area contributed by atoms with E-state index in [1.165, 1.54) is 11.3 Å². The third kappa shape index (κ3) is 5.16. The fourth-order valence-electron chi connectivity index (χ4n) is 1.81. The molecule has 1 amide bonds. The average Bonchev–Trinajstić information content (AvgIpc) is 2.87. The van der Waals surface area contributed by atoms with Gasteiger partial charge in [0.1, 0.15) is 5.75 Å². The third-order valence-electron chi connectivity index (χ3n) is 3.65. The van der Waals surface area contributed by atoms with Crippen molar-refractivity contribution < 1.29 is 14.3 Å². The van der Waals surface area contributed by atoms with Crippen molar-refractivity contribution in [2.24, 2.45) is 0 Å². The number of aromatic nitrogens is 1. The topological polar surface area (TPSA) is 60.5 Å². The van der Waals surface area contributed by atoms with Gasteiger partial charge in [-0.05, 0) is 45.9 Å². The number of ether oxygens (including phenoxy) is 2. The van der Waals surface area contributed by atoms with Gasteiger partial charge < -0.3 is 14.8 Å². The lowest BCUT2D eigenvalue weighted by atomic mass is 10.1. The fraction of sp³-hybridized carbons (Fsp3) is 0.529. The van der Waals surface area contributed by atoms with E-state index in [1.807, 2.05) is 32.0 Å². The first kappa shape index (κ1) is 19.1. The Morgan fingerprint density at radius 1 is 1.33 bits per heavy atom. The van der Waals surface area contributed by atoms with Gasteiger partial charge in [-0.15, -0.1) is 0 Å². The quantitative estimate of drug-likeness (QED) is 0.672. The highest BCUT2D eigenvalue weighted by Gasteiger charge is 2.24. The Morgan fingerprint density at radius 3 is 2.67 bits per heavy atom. The van der Waals surface area contributed by atoms with Gasteiger partial charge in [-0.25, -0.2) is 4.98 Å². The molecule has 1 aromatic heterocycles. The second-order valence-electron chi connectivity index (χ2n) is 6.64. The molecule has 1 aromatic carbocycles. The Labute approximate surface area is 154 Å². The summed E-state index contributed by atoms with van der Waals surface area (Å²) in [6.07, 6.45) is 0.797. The number of amides is 1. The highest BCUT2D eigenvalue weighted by atomic mass is 79.9. The number of alkyl halides is 1. The lowest BCUT2D eigenvalue weighted by molar-refractivity contribution is -0.117. The molecule has 1 heterocycles. The molecular weight excluding hydrogens is 392 g/mol. The molecule has 0 aliphatic rings. The predicted octanol–water partition coefficient (Wildman–Crippen LogP) is 4.60. The van der Waals surface area contributed by atoms with Crippen molar-refractivity contribution in [3.63, 3.8) is 0 Å². The molecule has 0 unspecified atom stereocenters. The molecule has 0 saturated heterocycles. The van der Waals surface area contributed by atoms with Crippen LogP contribution in [-0.4, -0.2) is 34.5 Å². The number of halogens is 1. The Kier molecular flexibility index (Phi) is 5.88. The number of fused-ring (bicyclic) bond motifs is 1. The Balaban J connectivity index is 2.05. The number of methoxy groups -OCH3 is 1. The number of thiazole rings is 1. The number of anilines is 1. The zero-order chi connectivity index (χ0) is 18.0. The van der Waals surface area contributed by atoms with Crippen LogP contribution >= 0.6 is 27.3 Å². The van der Waals surface area contributed by atoms with Gasteiger partial charge in [0.2, 0.25) is 5.91 Å². The van der Waals surface area contributed by atoms with Gasteiger partial charge in [0.15, 0.2) is 5.13 Å². The number of nitrogens with zero attached hydrogens (tertiary/aromatic N) is 1. The van der Waals surface area contributed by atoms with Crippen LogP contribution in [0.5, 0.6) is 5.75 Å². The minimum atomic E-state index is -0.632. The van der Waals surface area contributed by atoms with E-state index in [2.05, 4.69) is 26.2 Å². The smallest absolute Gasteiger partial charge is 0.242 e. The molecule has 0 aliphatic heterocycles. The van der Waals surface area contributed by atoms with Crippen LogP contribution in [0.25, 0.3) is 10.2 Å². The van der Waals surface area contributed by atoms with E-state index in [1.54, 1.807) is 21.0 Å². The summed E-state index contributed by atoms with van der Waals surface area (Å²) < 4.78 is 11.5. The first-order valence-electron chi connectivity index (χ1n) is 7.70. The zero-order valence-corrected chi connectivity index (χ0v) is 17.0. The van der Waals surface area contributed by atoms with Gasteiger partial charge in [0, 0.05) is 13.5 Å². The number of carbonyl (C=O) groups excluding carboxylic acids is 1. The lowest BCUT2D eigenvalue weighted by Crippen LogP contribution is -2.30. The normalized spacial score (nSPS) is 12.4. The van der Waals surface area contributed by atoms with Gasteiger partial charge in [-0.3, -0.25) is 4.79 Å². The van der Waals surface area contributed by atoms with Crippen LogP contribution in [0, 0.1) is 0 Å². The molecule has 2 rings (SSSR count). The number of hydrogen-bond acceptors (Lipinski definition) is 5. The highest BCUT2D eigenvalue weighted by Crippen LogP contribution is 2.30. The maximum absolute atomic E-state index is 12.0. The molecule has 0 spiro atoms. The van der Waals surface area contributed by atoms with E-state index in [-0.39, 0.29) is 11.5 Å². The van der Waals surface area contributed by atoms with Crippen molar-refractivity contribution in [2.45, 2.75) is 44.0 Å². The predicted molar refractivity (Wildman–Crippen MR) is 102 cm³/mol. The third-order valence-corrected chi connectivity index (χ3v) is 4.94. The zero-order valence-electron chi connectivity index (χ0n) is 14.6. The highest BCUT2D eigenvalue weighted by molar-refractivity contribution is 9.10. The molecule has 0 bridgehead atoms. The molecular formula is C17H23BrN2O3S. The van der Waals surface area contributed by atoms with Crippen LogP contribution < -0.4 is 10.1 Å². The van der Waals surface area contributed by atoms with Crippen LogP contribution in [0.3, 0.4) is 0 Å². The van der Waals surface area contributed by atoms with E-state index >= 15 is 0 Å². The summed E-state index contributed by atoms with van der Waals surface area (Å²) in [4.78, 5) is 16.4. The number of carbonyl (C=O) groups is 1. The maximum atomic E-state index is 12.0. The van der Waals surface area contributed by atoms with Crippen molar-refractivity contribution in [1.82, 2.24) is 4.98 Å². The second-order valence-corrected chi connectivity index (χ2v) is 9.65. The monoisotopic (exact) mass is 414 g/mol. The fourth-order valence-corrected chi connectivity index (χ4v) is 2.80. The molecule has 5 nitrogen and oxygen atoms in total. The van der Waals surface area contributed by atoms with Crippen molar-refractivity contribution in [3.05, 3.63) is 18.2 Å². The molecule has 24 heavy (non-hydrogen) atoms. The van der Waals surface area contributed by atoms with Crippen LogP contribution in [-0.2, 0) is 9.53 Å². The van der Waals surface area contributed by atoms with Crippen molar-refractivity contribution >= 4 is 48.5 Å². The molecule has 2 aromatic rings. The molecule has 0 aliphatic carbocycles. The van der Waals surface area contributed by atoms with Crippen LogP contribution in [0.4, 0.5) is 5.13 Å². The van der Waals surface area contributed by atoms with Crippen molar-refractivity contribution in [1.29, 1.82) is 0 Å². The molecule has 0 atom stereocenters. The summed E-state index contributed by atoms with van der Waals surface area (Å²) in [7, 11) is 1.70. The van der Waals surface area contributed by atoms with Gasteiger partial charge in [-0.2, -0.15) is 0 Å². The summed E-state index contributed by atoms with van der Waals surface area (Å²) in [5, 5.41) is 3.41. The van der Waals surface area contributed by atoms with Gasteiger partial charge in [0.25, 0.3) is 0 Å². The standard InChI is InChI=1S/C17H23BrN2O3S/c1-16(2,22-5)8-9-23-11-6-7-12-13(10-11)24-15(19-12)20-14(21)17(3,4)18/h6-7,10H,8-9H2,1-5H3,(H,19,20,21). The average molecular weight is 415 g/mol. The molecule has 0 saturated carbocycles. The first-order valence-corrected chi connectivity index (χ1v) is 9.30. The molecule has 7 heteroatoms. The Morgan fingerprint density at radius 2 is 2.04 bits per heavy atom. The first-order chi connectivity index (χ1) is 11.1. The van der Waals surface area contributed by atoms with E-state index in [9.17, 15) is 4.79 Å². The minimum Gasteiger partial charge on any atom is -0.493 e. The van der Waals surface area contributed by atoms with E-state index in [4.69, 9.17) is 9.47 Å². The summed E-state index contributed by atoms with van der Waals surface area (Å²) in [6.45, 7) is 8.23. The van der Waals surface area contributed by atoms with Crippen LogP contribution in [0.1, 0.15) is 34.1 Å². The van der Waals surface area contributed by atoms with Gasteiger partial charge in [0.05, 0.1) is 26.7 Å². The maximum Gasteiger partial charge on any atom is 0.242 e. The van der Waals surface area contributed by atoms with Crippen LogP contribution in [0.15, 0.2) is 18.2 Å². The van der Waals surface area contributed by atoms with Crippen molar-refractivity contribution in [3.8, 4) is 5.75 Å². The summed E-state index contributed by atoms with van der Waals surface area (Å²) in [6, 6.07) is 5.74. The van der Waals surface area contributed by atoms with E-state index in [0.29, 0.717) is 11.7 Å².